The quantitative estimate of drug-likeness (QED) is 0.800. The predicted octanol–water partition coefficient (Wildman–Crippen LogP) is 1.99. The van der Waals surface area contributed by atoms with Gasteiger partial charge in [-0.15, -0.1) is 0 Å². The highest BCUT2D eigenvalue weighted by Gasteiger charge is 2.16. The molecule has 0 saturated carbocycles. The summed E-state index contributed by atoms with van der Waals surface area (Å²) in [6.45, 7) is 5.55. The van der Waals surface area contributed by atoms with E-state index in [0.29, 0.717) is 18.7 Å². The number of hydrogen-bond donors (Lipinski definition) is 2. The average molecular weight is 279 g/mol. The standard InChI is InChI=1S/C15H21NO4/c1-10-5-4-6-13(9-10)20-12(3)14(17)16-8-7-11(2)15(18)19/h4-6,9,11-12H,7-8H2,1-3H3,(H,16,17)(H,18,19). The Morgan fingerprint density at radius 1 is 1.35 bits per heavy atom. The van der Waals surface area contributed by atoms with Crippen LogP contribution in [-0.4, -0.2) is 29.6 Å². The third-order valence-corrected chi connectivity index (χ3v) is 2.97. The Morgan fingerprint density at radius 3 is 2.65 bits per heavy atom. The van der Waals surface area contributed by atoms with Gasteiger partial charge in [0.05, 0.1) is 5.92 Å². The maximum Gasteiger partial charge on any atom is 0.306 e. The summed E-state index contributed by atoms with van der Waals surface area (Å²) in [5.41, 5.74) is 1.06. The first-order valence-corrected chi connectivity index (χ1v) is 6.64. The molecule has 0 bridgehead atoms. The second kappa shape index (κ2) is 7.53. The van der Waals surface area contributed by atoms with Crippen LogP contribution >= 0.6 is 0 Å². The van der Waals surface area contributed by atoms with Crippen LogP contribution in [0.3, 0.4) is 0 Å². The van der Waals surface area contributed by atoms with Gasteiger partial charge in [-0.2, -0.15) is 0 Å². The molecule has 0 aromatic heterocycles. The molecule has 2 N–H and O–H groups in total. The van der Waals surface area contributed by atoms with Crippen molar-refractivity contribution in [2.75, 3.05) is 6.54 Å². The van der Waals surface area contributed by atoms with E-state index in [4.69, 9.17) is 9.84 Å². The van der Waals surface area contributed by atoms with Gasteiger partial charge in [-0.05, 0) is 38.0 Å². The Balaban J connectivity index is 2.38. The van der Waals surface area contributed by atoms with Gasteiger partial charge in [0.25, 0.3) is 5.91 Å². The van der Waals surface area contributed by atoms with Gasteiger partial charge in [0.1, 0.15) is 5.75 Å². The van der Waals surface area contributed by atoms with Crippen molar-refractivity contribution in [3.8, 4) is 5.75 Å². The molecule has 0 radical (unpaired) electrons. The minimum absolute atomic E-state index is 0.246. The van der Waals surface area contributed by atoms with E-state index in [2.05, 4.69) is 5.32 Å². The lowest BCUT2D eigenvalue weighted by atomic mass is 10.1. The van der Waals surface area contributed by atoms with E-state index in [9.17, 15) is 9.59 Å². The van der Waals surface area contributed by atoms with E-state index in [1.165, 1.54) is 0 Å². The number of nitrogens with one attached hydrogen (secondary N) is 1. The highest BCUT2D eigenvalue weighted by Crippen LogP contribution is 2.14. The number of carboxylic acids is 1. The van der Waals surface area contributed by atoms with Gasteiger partial charge >= 0.3 is 5.97 Å². The molecule has 5 heteroatoms. The van der Waals surface area contributed by atoms with E-state index in [1.807, 2.05) is 25.1 Å². The second-order valence-electron chi connectivity index (χ2n) is 4.90. The zero-order chi connectivity index (χ0) is 15.1. The van der Waals surface area contributed by atoms with E-state index in [0.717, 1.165) is 5.56 Å². The van der Waals surface area contributed by atoms with Crippen LogP contribution in [0.15, 0.2) is 24.3 Å². The Hall–Kier alpha value is -2.04. The highest BCUT2D eigenvalue weighted by molar-refractivity contribution is 5.80. The van der Waals surface area contributed by atoms with Crippen molar-refractivity contribution in [1.82, 2.24) is 5.32 Å². The molecule has 110 valence electrons. The number of aryl methyl sites for hydroxylation is 1. The number of ether oxygens (including phenoxy) is 1. The summed E-state index contributed by atoms with van der Waals surface area (Å²) in [4.78, 5) is 22.4. The first-order valence-electron chi connectivity index (χ1n) is 6.64. The maximum atomic E-state index is 11.8. The van der Waals surface area contributed by atoms with Gasteiger partial charge in [0.2, 0.25) is 0 Å². The highest BCUT2D eigenvalue weighted by atomic mass is 16.5. The summed E-state index contributed by atoms with van der Waals surface area (Å²) in [6.07, 6.45) is -0.213. The molecule has 5 nitrogen and oxygen atoms in total. The number of carbonyl (C=O) groups is 2. The lowest BCUT2D eigenvalue weighted by Gasteiger charge is -2.15. The van der Waals surface area contributed by atoms with Crippen molar-refractivity contribution in [2.24, 2.45) is 5.92 Å². The molecule has 1 rings (SSSR count). The molecule has 0 saturated heterocycles. The van der Waals surface area contributed by atoms with Crippen molar-refractivity contribution in [3.63, 3.8) is 0 Å². The molecule has 0 heterocycles. The fourth-order valence-corrected chi connectivity index (χ4v) is 1.63. The van der Waals surface area contributed by atoms with Crippen LogP contribution in [-0.2, 0) is 9.59 Å². The van der Waals surface area contributed by atoms with Crippen LogP contribution in [0.1, 0.15) is 25.8 Å². The summed E-state index contributed by atoms with van der Waals surface area (Å²) in [7, 11) is 0. The van der Waals surface area contributed by atoms with Crippen LogP contribution < -0.4 is 10.1 Å². The zero-order valence-corrected chi connectivity index (χ0v) is 12.1. The first kappa shape index (κ1) is 16.0. The van der Waals surface area contributed by atoms with E-state index < -0.39 is 18.0 Å². The lowest BCUT2D eigenvalue weighted by molar-refractivity contribution is -0.141. The molecule has 2 atom stereocenters. The summed E-state index contributed by atoms with van der Waals surface area (Å²) in [6, 6.07) is 7.47. The molecular formula is C15H21NO4. The number of amides is 1. The number of carbonyl (C=O) groups excluding carboxylic acids is 1. The van der Waals surface area contributed by atoms with Gasteiger partial charge < -0.3 is 15.2 Å². The molecule has 0 fully saturated rings. The first-order chi connectivity index (χ1) is 9.40. The Kier molecular flexibility index (Phi) is 6.03. The molecule has 0 aliphatic carbocycles. The van der Waals surface area contributed by atoms with Gasteiger partial charge in [0, 0.05) is 6.54 Å². The van der Waals surface area contributed by atoms with Crippen LogP contribution in [0.5, 0.6) is 5.75 Å². The van der Waals surface area contributed by atoms with E-state index in [-0.39, 0.29) is 5.91 Å². The van der Waals surface area contributed by atoms with Crippen molar-refractivity contribution in [1.29, 1.82) is 0 Å². The van der Waals surface area contributed by atoms with Crippen molar-refractivity contribution in [3.05, 3.63) is 29.8 Å². The smallest absolute Gasteiger partial charge is 0.306 e. The Labute approximate surface area is 118 Å². The third-order valence-electron chi connectivity index (χ3n) is 2.97. The molecule has 0 spiro atoms. The molecule has 20 heavy (non-hydrogen) atoms. The largest absolute Gasteiger partial charge is 0.481 e. The maximum absolute atomic E-state index is 11.8. The Morgan fingerprint density at radius 2 is 2.05 bits per heavy atom. The van der Waals surface area contributed by atoms with Crippen LogP contribution in [0.25, 0.3) is 0 Å². The third kappa shape index (κ3) is 5.30. The van der Waals surface area contributed by atoms with Crippen LogP contribution in [0.2, 0.25) is 0 Å². The minimum atomic E-state index is -0.858. The molecule has 2 unspecified atom stereocenters. The van der Waals surface area contributed by atoms with Gasteiger partial charge in [-0.25, -0.2) is 0 Å². The zero-order valence-electron chi connectivity index (χ0n) is 12.1. The van der Waals surface area contributed by atoms with Crippen LogP contribution in [0.4, 0.5) is 0 Å². The minimum Gasteiger partial charge on any atom is -0.481 e. The van der Waals surface area contributed by atoms with E-state index >= 15 is 0 Å². The van der Waals surface area contributed by atoms with E-state index in [1.54, 1.807) is 19.9 Å². The van der Waals surface area contributed by atoms with Crippen LogP contribution in [0, 0.1) is 12.8 Å². The summed E-state index contributed by atoms with van der Waals surface area (Å²) >= 11 is 0. The normalized spacial score (nSPS) is 13.3. The number of benzene rings is 1. The fraction of sp³-hybridized carbons (Fsp3) is 0.467. The molecule has 1 amide bonds. The molecule has 0 aliphatic rings. The number of aliphatic carboxylic acids is 1. The SMILES string of the molecule is Cc1cccc(OC(C)C(=O)NCCC(C)C(=O)O)c1. The average Bonchev–Trinajstić information content (AvgIpc) is 2.38. The summed E-state index contributed by atoms with van der Waals surface area (Å²) in [5.74, 6) is -0.928. The monoisotopic (exact) mass is 279 g/mol. The van der Waals surface area contributed by atoms with Crippen molar-refractivity contribution < 1.29 is 19.4 Å². The molecule has 0 aliphatic heterocycles. The van der Waals surface area contributed by atoms with Gasteiger partial charge in [0.15, 0.2) is 6.10 Å². The number of carboxylic acid groups (broad SMARTS) is 1. The summed E-state index contributed by atoms with van der Waals surface area (Å²) in [5, 5.41) is 11.4. The summed E-state index contributed by atoms with van der Waals surface area (Å²) < 4.78 is 5.53. The topological polar surface area (TPSA) is 75.6 Å². The second-order valence-corrected chi connectivity index (χ2v) is 4.90. The lowest BCUT2D eigenvalue weighted by Crippen LogP contribution is -2.37. The number of hydrogen-bond acceptors (Lipinski definition) is 3. The Bertz CT molecular complexity index is 473. The molecular weight excluding hydrogens is 258 g/mol. The predicted molar refractivity (Wildman–Crippen MR) is 75.7 cm³/mol. The molecule has 1 aromatic carbocycles. The fourth-order valence-electron chi connectivity index (χ4n) is 1.63. The molecule has 1 aromatic rings. The van der Waals surface area contributed by atoms with Gasteiger partial charge in [-0.1, -0.05) is 19.1 Å². The van der Waals surface area contributed by atoms with Crippen molar-refractivity contribution >= 4 is 11.9 Å². The van der Waals surface area contributed by atoms with Crippen molar-refractivity contribution in [2.45, 2.75) is 33.3 Å². The van der Waals surface area contributed by atoms with Gasteiger partial charge in [-0.3, -0.25) is 9.59 Å². The number of rotatable bonds is 7.